The summed E-state index contributed by atoms with van der Waals surface area (Å²) in [5, 5.41) is 22.2. The van der Waals surface area contributed by atoms with E-state index in [-0.39, 0.29) is 28.1 Å². The first-order valence-electron chi connectivity index (χ1n) is 7.38. The lowest BCUT2D eigenvalue weighted by Crippen LogP contribution is -2.35. The van der Waals surface area contributed by atoms with E-state index in [1.54, 1.807) is 24.3 Å². The molecule has 2 aromatic rings. The largest absolute Gasteiger partial charge is 0.507 e. The number of amides is 2. The number of halogens is 1. The van der Waals surface area contributed by atoms with Crippen molar-refractivity contribution >= 4 is 45.2 Å². The summed E-state index contributed by atoms with van der Waals surface area (Å²) < 4.78 is 0.812. The van der Waals surface area contributed by atoms with Crippen molar-refractivity contribution in [3.8, 4) is 5.75 Å². The zero-order valence-corrected chi connectivity index (χ0v) is 15.0. The van der Waals surface area contributed by atoms with Crippen LogP contribution in [0.15, 0.2) is 46.4 Å². The van der Waals surface area contributed by atoms with Gasteiger partial charge in [-0.1, -0.05) is 15.9 Å². The number of non-ortho nitro benzene ring substituents is 1. The van der Waals surface area contributed by atoms with Crippen LogP contribution < -0.4 is 10.4 Å². The molecule has 0 atom stereocenters. The maximum atomic E-state index is 12.6. The van der Waals surface area contributed by atoms with Crippen molar-refractivity contribution in [3.05, 3.63) is 67.7 Å². The number of carbonyl (C=O) groups excluding carboxylic acids is 2. The lowest BCUT2D eigenvalue weighted by Gasteiger charge is -2.14. The van der Waals surface area contributed by atoms with Crippen LogP contribution in [0.2, 0.25) is 0 Å². The van der Waals surface area contributed by atoms with E-state index >= 15 is 0 Å². The summed E-state index contributed by atoms with van der Waals surface area (Å²) in [7, 11) is 0. The van der Waals surface area contributed by atoms with Gasteiger partial charge in [0.2, 0.25) is 0 Å². The van der Waals surface area contributed by atoms with Crippen LogP contribution in [0.5, 0.6) is 5.75 Å². The molecule has 2 N–H and O–H groups in total. The molecule has 0 saturated carbocycles. The molecule has 0 aliphatic carbocycles. The van der Waals surface area contributed by atoms with Crippen LogP contribution in [-0.4, -0.2) is 21.8 Å². The van der Waals surface area contributed by atoms with Gasteiger partial charge in [-0.05, 0) is 42.8 Å². The van der Waals surface area contributed by atoms with Crippen LogP contribution in [0.3, 0.4) is 0 Å². The van der Waals surface area contributed by atoms with Gasteiger partial charge in [0, 0.05) is 22.2 Å². The predicted octanol–water partition coefficient (Wildman–Crippen LogP) is 2.83. The van der Waals surface area contributed by atoms with Gasteiger partial charge in [0.15, 0.2) is 0 Å². The molecule has 26 heavy (non-hydrogen) atoms. The summed E-state index contributed by atoms with van der Waals surface area (Å²) in [5.74, 6) is -1.52. The molecule has 1 fully saturated rings. The predicted molar refractivity (Wildman–Crippen MR) is 97.2 cm³/mol. The minimum atomic E-state index is -0.665. The van der Waals surface area contributed by atoms with Crippen LogP contribution in [0.25, 0.3) is 6.08 Å². The number of nitrogens with one attached hydrogen (secondary N) is 1. The zero-order valence-electron chi connectivity index (χ0n) is 13.4. The van der Waals surface area contributed by atoms with Gasteiger partial charge in [0.25, 0.3) is 17.5 Å². The number of benzene rings is 2. The SMILES string of the molecule is Cc1cc([N+](=O)[O-])cc(/C=C2/C(=O)NN(c3ccc(Br)cc3)C2=O)c1O. The van der Waals surface area contributed by atoms with Gasteiger partial charge >= 0.3 is 0 Å². The van der Waals surface area contributed by atoms with E-state index in [1.807, 2.05) is 0 Å². The fraction of sp³-hybridized carbons (Fsp3) is 0.0588. The number of rotatable bonds is 3. The van der Waals surface area contributed by atoms with Gasteiger partial charge < -0.3 is 5.11 Å². The number of nitro benzene ring substituents is 1. The number of hydrazine groups is 1. The third-order valence-corrected chi connectivity index (χ3v) is 4.33. The number of nitrogens with zero attached hydrogens (tertiary/aromatic N) is 2. The Labute approximate surface area is 156 Å². The van der Waals surface area contributed by atoms with Gasteiger partial charge in [-0.25, -0.2) is 5.01 Å². The first-order chi connectivity index (χ1) is 12.3. The second-order valence-electron chi connectivity index (χ2n) is 5.57. The van der Waals surface area contributed by atoms with Crippen molar-refractivity contribution in [1.29, 1.82) is 0 Å². The van der Waals surface area contributed by atoms with E-state index in [0.29, 0.717) is 5.69 Å². The summed E-state index contributed by atoms with van der Waals surface area (Å²) in [6, 6.07) is 9.03. The van der Waals surface area contributed by atoms with E-state index in [9.17, 15) is 24.8 Å². The molecule has 1 saturated heterocycles. The summed E-state index contributed by atoms with van der Waals surface area (Å²) in [5.41, 5.74) is 2.69. The number of hydrogen-bond donors (Lipinski definition) is 2. The number of phenolic OH excluding ortho intramolecular Hbond substituents is 1. The highest BCUT2D eigenvalue weighted by Gasteiger charge is 2.34. The molecule has 9 heteroatoms. The molecule has 1 heterocycles. The van der Waals surface area contributed by atoms with Crippen molar-refractivity contribution in [1.82, 2.24) is 5.43 Å². The Hall–Kier alpha value is -3.20. The van der Waals surface area contributed by atoms with Gasteiger partial charge in [0.1, 0.15) is 11.3 Å². The topological polar surface area (TPSA) is 113 Å². The van der Waals surface area contributed by atoms with Crippen molar-refractivity contribution < 1.29 is 19.6 Å². The Morgan fingerprint density at radius 1 is 1.23 bits per heavy atom. The molecule has 8 nitrogen and oxygen atoms in total. The van der Waals surface area contributed by atoms with Crippen molar-refractivity contribution in [2.75, 3.05) is 5.01 Å². The lowest BCUT2D eigenvalue weighted by molar-refractivity contribution is -0.384. The van der Waals surface area contributed by atoms with Gasteiger partial charge in [0.05, 0.1) is 10.6 Å². The average Bonchev–Trinajstić information content (AvgIpc) is 2.87. The molecular formula is C17H12BrN3O5. The number of anilines is 1. The van der Waals surface area contributed by atoms with Crippen molar-refractivity contribution in [2.24, 2.45) is 0 Å². The Morgan fingerprint density at radius 2 is 1.88 bits per heavy atom. The summed E-state index contributed by atoms with van der Waals surface area (Å²) in [6.45, 7) is 1.50. The highest BCUT2D eigenvalue weighted by atomic mass is 79.9. The van der Waals surface area contributed by atoms with E-state index < -0.39 is 16.7 Å². The number of phenols is 1. The van der Waals surface area contributed by atoms with E-state index in [0.717, 1.165) is 21.6 Å². The van der Waals surface area contributed by atoms with Gasteiger partial charge in [-0.3, -0.25) is 25.1 Å². The second-order valence-corrected chi connectivity index (χ2v) is 6.49. The molecule has 132 valence electrons. The third kappa shape index (κ3) is 3.16. The molecule has 2 aromatic carbocycles. The molecule has 0 radical (unpaired) electrons. The van der Waals surface area contributed by atoms with Crippen LogP contribution in [0.4, 0.5) is 11.4 Å². The maximum Gasteiger partial charge on any atom is 0.282 e. The van der Waals surface area contributed by atoms with Crippen LogP contribution in [0, 0.1) is 17.0 Å². The first kappa shape index (κ1) is 17.6. The third-order valence-electron chi connectivity index (χ3n) is 3.80. The van der Waals surface area contributed by atoms with Crippen molar-refractivity contribution in [2.45, 2.75) is 6.92 Å². The number of nitro groups is 1. The Bertz CT molecular complexity index is 969. The number of aryl methyl sites for hydroxylation is 1. The molecule has 0 spiro atoms. The first-order valence-corrected chi connectivity index (χ1v) is 8.18. The van der Waals surface area contributed by atoms with Crippen LogP contribution in [-0.2, 0) is 9.59 Å². The van der Waals surface area contributed by atoms with Gasteiger partial charge in [-0.2, -0.15) is 0 Å². The smallest absolute Gasteiger partial charge is 0.282 e. The quantitative estimate of drug-likeness (QED) is 0.345. The van der Waals surface area contributed by atoms with Crippen molar-refractivity contribution in [3.63, 3.8) is 0 Å². The maximum absolute atomic E-state index is 12.6. The van der Waals surface area contributed by atoms with E-state index in [1.165, 1.54) is 13.0 Å². The fourth-order valence-electron chi connectivity index (χ4n) is 2.49. The Kier molecular flexibility index (Phi) is 4.47. The summed E-state index contributed by atoms with van der Waals surface area (Å²) in [6.07, 6.45) is 1.14. The van der Waals surface area contributed by atoms with E-state index in [2.05, 4.69) is 21.4 Å². The fourth-order valence-corrected chi connectivity index (χ4v) is 2.75. The zero-order chi connectivity index (χ0) is 19.0. The highest BCUT2D eigenvalue weighted by Crippen LogP contribution is 2.31. The summed E-state index contributed by atoms with van der Waals surface area (Å²) in [4.78, 5) is 35.1. The minimum absolute atomic E-state index is 0.0212. The van der Waals surface area contributed by atoms with Crippen LogP contribution >= 0.6 is 15.9 Å². The molecule has 2 amide bonds. The molecule has 0 bridgehead atoms. The normalized spacial score (nSPS) is 15.5. The van der Waals surface area contributed by atoms with Crippen LogP contribution in [0.1, 0.15) is 11.1 Å². The molecule has 0 unspecified atom stereocenters. The number of hydrogen-bond acceptors (Lipinski definition) is 5. The van der Waals surface area contributed by atoms with E-state index in [4.69, 9.17) is 0 Å². The monoisotopic (exact) mass is 417 g/mol. The second kappa shape index (κ2) is 6.60. The molecule has 0 aromatic heterocycles. The molecule has 3 rings (SSSR count). The Morgan fingerprint density at radius 3 is 2.50 bits per heavy atom. The highest BCUT2D eigenvalue weighted by molar-refractivity contribution is 9.10. The average molecular weight is 418 g/mol. The minimum Gasteiger partial charge on any atom is -0.507 e. The van der Waals surface area contributed by atoms with Gasteiger partial charge in [-0.15, -0.1) is 0 Å². The molecular weight excluding hydrogens is 406 g/mol. The molecule has 1 aliphatic heterocycles. The number of aromatic hydroxyl groups is 1. The lowest BCUT2D eigenvalue weighted by atomic mass is 10.0. The summed E-state index contributed by atoms with van der Waals surface area (Å²) >= 11 is 3.29. The number of carbonyl (C=O) groups is 2. The Balaban J connectivity index is 2.02. The molecule has 1 aliphatic rings. The standard InChI is InChI=1S/C17H12BrN3O5/c1-9-6-13(21(25)26)7-10(15(9)22)8-14-16(23)19-20(17(14)24)12-4-2-11(18)3-5-12/h2-8,22H,1H3,(H,19,23)/b14-8-.